The monoisotopic (exact) mass is 248 g/mol. The van der Waals surface area contributed by atoms with E-state index in [0.717, 1.165) is 6.42 Å². The Morgan fingerprint density at radius 3 is 2.28 bits per heavy atom. The van der Waals surface area contributed by atoms with Gasteiger partial charge >= 0.3 is 6.03 Å². The fraction of sp³-hybridized carbons (Fsp3) is 0.533. The highest BCUT2D eigenvalue weighted by molar-refractivity contribution is 5.71. The minimum atomic E-state index is -0.473. The van der Waals surface area contributed by atoms with Gasteiger partial charge in [0.25, 0.3) is 0 Å². The van der Waals surface area contributed by atoms with Crippen molar-refractivity contribution < 1.29 is 4.79 Å². The summed E-state index contributed by atoms with van der Waals surface area (Å²) in [6.45, 7) is 9.18. The number of rotatable bonds is 5. The molecule has 0 fully saturated rings. The van der Waals surface area contributed by atoms with E-state index in [9.17, 15) is 4.79 Å². The normalized spacial score (nSPS) is 11.6. The molecule has 0 aliphatic carbocycles. The highest BCUT2D eigenvalue weighted by Crippen LogP contribution is 2.23. The van der Waals surface area contributed by atoms with Gasteiger partial charge in [-0.05, 0) is 23.5 Å². The van der Waals surface area contributed by atoms with E-state index < -0.39 is 6.03 Å². The third-order valence-corrected chi connectivity index (χ3v) is 3.08. The fourth-order valence-electron chi connectivity index (χ4n) is 1.97. The Kier molecular flexibility index (Phi) is 4.76. The molecule has 0 bridgehead atoms. The van der Waals surface area contributed by atoms with E-state index in [1.165, 1.54) is 11.1 Å². The number of amides is 2. The Labute approximate surface area is 110 Å². The van der Waals surface area contributed by atoms with Gasteiger partial charge in [-0.3, -0.25) is 0 Å². The fourth-order valence-corrected chi connectivity index (χ4v) is 1.97. The van der Waals surface area contributed by atoms with Crippen molar-refractivity contribution in [2.45, 2.75) is 39.5 Å². The van der Waals surface area contributed by atoms with Crippen LogP contribution in [0.15, 0.2) is 24.3 Å². The number of primary amides is 1. The first kappa shape index (κ1) is 14.6. The summed E-state index contributed by atoms with van der Waals surface area (Å²) in [6.07, 6.45) is 1.10. The van der Waals surface area contributed by atoms with Crippen LogP contribution in [0.1, 0.15) is 38.8 Å². The Hall–Kier alpha value is -1.51. The minimum absolute atomic E-state index is 0.106. The van der Waals surface area contributed by atoms with Gasteiger partial charge in [-0.25, -0.2) is 4.79 Å². The number of urea groups is 1. The molecule has 2 amide bonds. The van der Waals surface area contributed by atoms with Crippen LogP contribution in [0.3, 0.4) is 0 Å². The standard InChI is InChI=1S/C15H24N2O/c1-11(2)9-12-5-7-13(8-6-12)15(3,4)10-17-14(16)18/h5-8,11H,9-10H2,1-4H3,(H3,16,17,18). The Bertz CT molecular complexity index is 393. The lowest BCUT2D eigenvalue weighted by atomic mass is 9.84. The van der Waals surface area contributed by atoms with Crippen molar-refractivity contribution in [1.29, 1.82) is 0 Å². The average molecular weight is 248 g/mol. The van der Waals surface area contributed by atoms with Crippen LogP contribution in [0.4, 0.5) is 4.79 Å². The third kappa shape index (κ3) is 4.40. The van der Waals surface area contributed by atoms with Crippen molar-refractivity contribution in [1.82, 2.24) is 5.32 Å². The zero-order valence-electron chi connectivity index (χ0n) is 11.8. The predicted octanol–water partition coefficient (Wildman–Crippen LogP) is 2.83. The van der Waals surface area contributed by atoms with Crippen LogP contribution in [0.5, 0.6) is 0 Å². The van der Waals surface area contributed by atoms with Crippen LogP contribution in [0, 0.1) is 5.92 Å². The lowest BCUT2D eigenvalue weighted by Gasteiger charge is -2.25. The van der Waals surface area contributed by atoms with E-state index in [1.807, 2.05) is 0 Å². The van der Waals surface area contributed by atoms with Crippen LogP contribution < -0.4 is 11.1 Å². The Morgan fingerprint density at radius 2 is 1.83 bits per heavy atom. The van der Waals surface area contributed by atoms with Gasteiger partial charge < -0.3 is 11.1 Å². The number of carbonyl (C=O) groups excluding carboxylic acids is 1. The van der Waals surface area contributed by atoms with Crippen LogP contribution in [-0.4, -0.2) is 12.6 Å². The maximum atomic E-state index is 10.8. The smallest absolute Gasteiger partial charge is 0.312 e. The largest absolute Gasteiger partial charge is 0.352 e. The van der Waals surface area contributed by atoms with Gasteiger partial charge in [0, 0.05) is 12.0 Å². The van der Waals surface area contributed by atoms with Crippen molar-refractivity contribution in [2.24, 2.45) is 11.7 Å². The van der Waals surface area contributed by atoms with Crippen molar-refractivity contribution in [3.8, 4) is 0 Å². The van der Waals surface area contributed by atoms with Crippen molar-refractivity contribution in [3.05, 3.63) is 35.4 Å². The summed E-state index contributed by atoms with van der Waals surface area (Å²) in [4.78, 5) is 10.8. The molecule has 3 N–H and O–H groups in total. The molecule has 0 unspecified atom stereocenters. The first-order valence-corrected chi connectivity index (χ1v) is 6.44. The average Bonchev–Trinajstić information content (AvgIpc) is 2.26. The molecule has 100 valence electrons. The summed E-state index contributed by atoms with van der Waals surface area (Å²) in [6, 6.07) is 8.14. The molecule has 0 saturated heterocycles. The van der Waals surface area contributed by atoms with E-state index in [0.29, 0.717) is 12.5 Å². The second-order valence-corrected chi connectivity index (χ2v) is 5.90. The number of nitrogens with two attached hydrogens (primary N) is 1. The molecule has 0 atom stereocenters. The molecule has 3 nitrogen and oxygen atoms in total. The first-order chi connectivity index (χ1) is 8.31. The van der Waals surface area contributed by atoms with E-state index in [-0.39, 0.29) is 5.41 Å². The molecule has 1 aromatic carbocycles. The van der Waals surface area contributed by atoms with Crippen molar-refractivity contribution >= 4 is 6.03 Å². The number of hydrogen-bond acceptors (Lipinski definition) is 1. The molecule has 0 radical (unpaired) electrons. The highest BCUT2D eigenvalue weighted by Gasteiger charge is 2.20. The second kappa shape index (κ2) is 5.89. The Balaban J connectivity index is 2.73. The highest BCUT2D eigenvalue weighted by atomic mass is 16.2. The van der Waals surface area contributed by atoms with Crippen LogP contribution >= 0.6 is 0 Å². The van der Waals surface area contributed by atoms with E-state index in [1.54, 1.807) is 0 Å². The summed E-state index contributed by atoms with van der Waals surface area (Å²) in [5.74, 6) is 0.667. The van der Waals surface area contributed by atoms with E-state index in [4.69, 9.17) is 5.73 Å². The summed E-state index contributed by atoms with van der Waals surface area (Å²) < 4.78 is 0. The summed E-state index contributed by atoms with van der Waals surface area (Å²) in [5.41, 5.74) is 7.57. The Morgan fingerprint density at radius 1 is 1.28 bits per heavy atom. The van der Waals surface area contributed by atoms with E-state index in [2.05, 4.69) is 57.3 Å². The summed E-state index contributed by atoms with van der Waals surface area (Å²) in [5, 5.41) is 2.67. The topological polar surface area (TPSA) is 55.1 Å². The molecule has 1 aromatic rings. The maximum absolute atomic E-state index is 10.8. The molecule has 0 saturated carbocycles. The molecule has 0 aliphatic rings. The SMILES string of the molecule is CC(C)Cc1ccc(C(C)(C)CNC(N)=O)cc1. The van der Waals surface area contributed by atoms with Gasteiger partial charge in [0.15, 0.2) is 0 Å². The molecule has 0 spiro atoms. The molecule has 1 rings (SSSR count). The lowest BCUT2D eigenvalue weighted by molar-refractivity contribution is 0.246. The van der Waals surface area contributed by atoms with E-state index >= 15 is 0 Å². The predicted molar refractivity (Wildman–Crippen MR) is 75.6 cm³/mol. The van der Waals surface area contributed by atoms with Gasteiger partial charge in [-0.15, -0.1) is 0 Å². The zero-order valence-corrected chi connectivity index (χ0v) is 11.8. The number of nitrogens with one attached hydrogen (secondary N) is 1. The molecule has 3 heteroatoms. The van der Waals surface area contributed by atoms with Crippen molar-refractivity contribution in [2.75, 3.05) is 6.54 Å². The van der Waals surface area contributed by atoms with Crippen molar-refractivity contribution in [3.63, 3.8) is 0 Å². The van der Waals surface area contributed by atoms with Gasteiger partial charge in [0.2, 0.25) is 0 Å². The van der Waals surface area contributed by atoms with Crippen LogP contribution in [-0.2, 0) is 11.8 Å². The lowest BCUT2D eigenvalue weighted by Crippen LogP contribution is -2.39. The number of benzene rings is 1. The van der Waals surface area contributed by atoms with Gasteiger partial charge in [-0.1, -0.05) is 52.0 Å². The molecule has 0 aliphatic heterocycles. The number of hydrogen-bond donors (Lipinski definition) is 2. The van der Waals surface area contributed by atoms with Gasteiger partial charge in [0.1, 0.15) is 0 Å². The molecule has 18 heavy (non-hydrogen) atoms. The summed E-state index contributed by atoms with van der Waals surface area (Å²) in [7, 11) is 0. The molecular formula is C15H24N2O. The first-order valence-electron chi connectivity index (χ1n) is 6.44. The van der Waals surface area contributed by atoms with Gasteiger partial charge in [0.05, 0.1) is 0 Å². The molecule has 0 heterocycles. The van der Waals surface area contributed by atoms with Crippen LogP contribution in [0.25, 0.3) is 0 Å². The van der Waals surface area contributed by atoms with Gasteiger partial charge in [-0.2, -0.15) is 0 Å². The summed E-state index contributed by atoms with van der Waals surface area (Å²) >= 11 is 0. The molecular weight excluding hydrogens is 224 g/mol. The number of carbonyl (C=O) groups is 1. The minimum Gasteiger partial charge on any atom is -0.352 e. The third-order valence-electron chi connectivity index (χ3n) is 3.08. The zero-order chi connectivity index (χ0) is 13.8. The molecule has 0 aromatic heterocycles. The van der Waals surface area contributed by atoms with Crippen LogP contribution in [0.2, 0.25) is 0 Å². The second-order valence-electron chi connectivity index (χ2n) is 5.90. The quantitative estimate of drug-likeness (QED) is 0.827. The maximum Gasteiger partial charge on any atom is 0.312 e.